The Morgan fingerprint density at radius 2 is 2.18 bits per heavy atom. The first kappa shape index (κ1) is 14.7. The van der Waals surface area contributed by atoms with Gasteiger partial charge in [-0.25, -0.2) is 4.98 Å². The zero-order valence-corrected chi connectivity index (χ0v) is 12.7. The molecule has 114 valence electrons. The number of nitrogens with two attached hydrogens (primary N) is 1. The van der Waals surface area contributed by atoms with Gasteiger partial charge in [0.05, 0.1) is 29.0 Å². The van der Waals surface area contributed by atoms with E-state index in [1.807, 2.05) is 30.5 Å². The van der Waals surface area contributed by atoms with E-state index in [1.165, 1.54) is 0 Å². The highest BCUT2D eigenvalue weighted by molar-refractivity contribution is 6.09. The fourth-order valence-electron chi connectivity index (χ4n) is 2.72. The Kier molecular flexibility index (Phi) is 4.44. The van der Waals surface area contributed by atoms with Crippen molar-refractivity contribution in [3.8, 4) is 0 Å². The number of para-hydroxylation sites is 2. The molecule has 1 aliphatic heterocycles. The number of rotatable bonds is 3. The number of allylic oxidation sites excluding steroid dienone is 1. The molecule has 2 atom stereocenters. The Hall–Kier alpha value is -2.27. The molecule has 1 fully saturated rings. The maximum absolute atomic E-state index is 5.76. The summed E-state index contributed by atoms with van der Waals surface area (Å²) >= 11 is 0. The van der Waals surface area contributed by atoms with Crippen molar-refractivity contribution >= 4 is 22.8 Å². The molecule has 1 aliphatic rings. The van der Waals surface area contributed by atoms with Crippen LogP contribution < -0.4 is 11.1 Å². The molecule has 3 N–H and O–H groups in total. The number of fused-ring (bicyclic) bond motifs is 1. The van der Waals surface area contributed by atoms with Crippen LogP contribution in [0.4, 0.5) is 0 Å². The minimum atomic E-state index is 0.347. The highest BCUT2D eigenvalue weighted by atomic mass is 14.9. The Balaban J connectivity index is 1.80. The average molecular weight is 295 g/mol. The first-order chi connectivity index (χ1) is 10.8. The summed E-state index contributed by atoms with van der Waals surface area (Å²) in [5.74, 6) is 0. The first-order valence-corrected chi connectivity index (χ1v) is 7.67. The average Bonchev–Trinajstić information content (AvgIpc) is 2.55. The molecule has 1 aromatic carbocycles. The minimum absolute atomic E-state index is 0.347. The molecule has 0 saturated carbocycles. The Labute approximate surface area is 130 Å². The molecule has 0 bridgehead atoms. The van der Waals surface area contributed by atoms with Gasteiger partial charge in [0.2, 0.25) is 0 Å². The van der Waals surface area contributed by atoms with E-state index in [1.54, 1.807) is 12.4 Å². The van der Waals surface area contributed by atoms with Crippen molar-refractivity contribution in [1.82, 2.24) is 15.3 Å². The lowest BCUT2D eigenvalue weighted by Crippen LogP contribution is -2.37. The minimum Gasteiger partial charge on any atom is -0.404 e. The molecule has 5 nitrogen and oxygen atoms in total. The molecule has 0 aliphatic carbocycles. The maximum atomic E-state index is 5.76. The molecule has 1 saturated heterocycles. The van der Waals surface area contributed by atoms with Crippen LogP contribution in [0.3, 0.4) is 0 Å². The largest absolute Gasteiger partial charge is 0.404 e. The molecule has 0 amide bonds. The van der Waals surface area contributed by atoms with E-state index in [0.717, 1.165) is 41.7 Å². The number of piperidine rings is 1. The third-order valence-electron chi connectivity index (χ3n) is 3.94. The van der Waals surface area contributed by atoms with Gasteiger partial charge in [-0.3, -0.25) is 9.98 Å². The quantitative estimate of drug-likeness (QED) is 0.851. The summed E-state index contributed by atoms with van der Waals surface area (Å²) in [5.41, 5.74) is 9.07. The van der Waals surface area contributed by atoms with Gasteiger partial charge < -0.3 is 11.1 Å². The van der Waals surface area contributed by atoms with Gasteiger partial charge in [0.15, 0.2) is 0 Å². The van der Waals surface area contributed by atoms with Crippen molar-refractivity contribution in [1.29, 1.82) is 0 Å². The highest BCUT2D eigenvalue weighted by Crippen LogP contribution is 2.16. The Bertz CT molecular complexity index is 707. The molecule has 5 heteroatoms. The van der Waals surface area contributed by atoms with Gasteiger partial charge >= 0.3 is 0 Å². The lowest BCUT2D eigenvalue weighted by Gasteiger charge is -2.25. The number of benzene rings is 1. The fourth-order valence-corrected chi connectivity index (χ4v) is 2.72. The lowest BCUT2D eigenvalue weighted by molar-refractivity contribution is 0.383. The number of nitrogens with zero attached hydrogens (tertiary/aromatic N) is 3. The lowest BCUT2D eigenvalue weighted by atomic mass is 10.0. The Morgan fingerprint density at radius 1 is 1.36 bits per heavy atom. The van der Waals surface area contributed by atoms with Crippen LogP contribution in [-0.4, -0.2) is 34.8 Å². The van der Waals surface area contributed by atoms with E-state index in [2.05, 4.69) is 27.2 Å². The van der Waals surface area contributed by atoms with Crippen LogP contribution >= 0.6 is 0 Å². The third kappa shape index (κ3) is 3.31. The van der Waals surface area contributed by atoms with Crippen LogP contribution in [-0.2, 0) is 0 Å². The molecule has 22 heavy (non-hydrogen) atoms. The van der Waals surface area contributed by atoms with Crippen LogP contribution in [0.25, 0.3) is 16.6 Å². The van der Waals surface area contributed by atoms with Gasteiger partial charge in [-0.1, -0.05) is 12.1 Å². The third-order valence-corrected chi connectivity index (χ3v) is 3.94. The van der Waals surface area contributed by atoms with Crippen LogP contribution in [0, 0.1) is 0 Å². The van der Waals surface area contributed by atoms with E-state index in [4.69, 9.17) is 5.73 Å². The van der Waals surface area contributed by atoms with Crippen LogP contribution in [0.15, 0.2) is 41.7 Å². The predicted molar refractivity (Wildman–Crippen MR) is 90.7 cm³/mol. The molecule has 0 radical (unpaired) electrons. The van der Waals surface area contributed by atoms with E-state index in [9.17, 15) is 0 Å². The zero-order chi connectivity index (χ0) is 15.4. The van der Waals surface area contributed by atoms with Crippen LogP contribution in [0.1, 0.15) is 25.5 Å². The summed E-state index contributed by atoms with van der Waals surface area (Å²) in [6.45, 7) is 3.21. The second-order valence-corrected chi connectivity index (χ2v) is 5.68. The van der Waals surface area contributed by atoms with Crippen molar-refractivity contribution in [2.75, 3.05) is 6.54 Å². The van der Waals surface area contributed by atoms with Gasteiger partial charge in [0.1, 0.15) is 0 Å². The van der Waals surface area contributed by atoms with Crippen molar-refractivity contribution in [2.45, 2.75) is 31.8 Å². The molecule has 2 heterocycles. The monoisotopic (exact) mass is 295 g/mol. The van der Waals surface area contributed by atoms with E-state index in [0.29, 0.717) is 12.1 Å². The van der Waals surface area contributed by atoms with E-state index in [-0.39, 0.29) is 0 Å². The molecule has 1 aromatic heterocycles. The second kappa shape index (κ2) is 6.66. The molecule has 2 aromatic rings. The zero-order valence-electron chi connectivity index (χ0n) is 12.7. The second-order valence-electron chi connectivity index (χ2n) is 5.68. The summed E-state index contributed by atoms with van der Waals surface area (Å²) < 4.78 is 0. The normalized spacial score (nSPS) is 23.2. The first-order valence-electron chi connectivity index (χ1n) is 7.67. The van der Waals surface area contributed by atoms with Crippen molar-refractivity contribution < 1.29 is 0 Å². The van der Waals surface area contributed by atoms with Gasteiger partial charge in [-0.05, 0) is 38.4 Å². The summed E-state index contributed by atoms with van der Waals surface area (Å²) in [6.07, 6.45) is 7.24. The molecule has 3 rings (SSSR count). The summed E-state index contributed by atoms with van der Waals surface area (Å²) in [4.78, 5) is 13.7. The molecule has 2 unspecified atom stereocenters. The molecular weight excluding hydrogens is 274 g/mol. The van der Waals surface area contributed by atoms with Gasteiger partial charge in [0.25, 0.3) is 0 Å². The van der Waals surface area contributed by atoms with Crippen molar-refractivity contribution in [2.24, 2.45) is 10.7 Å². The van der Waals surface area contributed by atoms with Gasteiger partial charge in [-0.2, -0.15) is 0 Å². The number of aromatic nitrogens is 2. The number of hydrogen-bond acceptors (Lipinski definition) is 5. The number of hydrogen-bond donors (Lipinski definition) is 2. The van der Waals surface area contributed by atoms with E-state index >= 15 is 0 Å². The standard InChI is InChI=1S/C17H21N5/c1-12-8-14(6-7-19-12)20-10-13(9-18)17-11-21-15-4-2-3-5-16(15)22-17/h2-5,9-12,14,19H,6-8,18H2,1H3. The summed E-state index contributed by atoms with van der Waals surface area (Å²) in [7, 11) is 0. The summed E-state index contributed by atoms with van der Waals surface area (Å²) in [5, 5.41) is 3.43. The molecular formula is C17H21N5. The predicted octanol–water partition coefficient (Wildman–Crippen LogP) is 2.14. The van der Waals surface area contributed by atoms with Crippen molar-refractivity contribution in [3.05, 3.63) is 42.4 Å². The fraction of sp³-hybridized carbons (Fsp3) is 0.353. The number of nitrogens with one attached hydrogen (secondary N) is 1. The van der Waals surface area contributed by atoms with Gasteiger partial charge in [0, 0.05) is 24.0 Å². The summed E-state index contributed by atoms with van der Waals surface area (Å²) in [6, 6.07) is 8.67. The maximum Gasteiger partial charge on any atom is 0.0922 e. The smallest absolute Gasteiger partial charge is 0.0922 e. The SMILES string of the molecule is CC1CC(N=CC(=CN)c2cnc3ccccc3n2)CCN1. The van der Waals surface area contributed by atoms with Crippen LogP contribution in [0.5, 0.6) is 0 Å². The van der Waals surface area contributed by atoms with Crippen LogP contribution in [0.2, 0.25) is 0 Å². The van der Waals surface area contributed by atoms with Crippen molar-refractivity contribution in [3.63, 3.8) is 0 Å². The Morgan fingerprint density at radius 3 is 2.95 bits per heavy atom. The topological polar surface area (TPSA) is 76.2 Å². The number of aliphatic imine (C=N–C) groups is 1. The highest BCUT2D eigenvalue weighted by Gasteiger charge is 2.16. The van der Waals surface area contributed by atoms with E-state index < -0.39 is 0 Å². The van der Waals surface area contributed by atoms with Gasteiger partial charge in [-0.15, -0.1) is 0 Å². The molecule has 0 spiro atoms.